The molecule has 7 heteroatoms. The third kappa shape index (κ3) is 4.34. The zero-order valence-electron chi connectivity index (χ0n) is 11.2. The molecule has 19 heavy (non-hydrogen) atoms. The lowest BCUT2D eigenvalue weighted by Gasteiger charge is -2.12. The monoisotopic (exact) mass is 285 g/mol. The molecule has 0 aromatic carbocycles. The number of nitrogens with one attached hydrogen (secondary N) is 1. The second kappa shape index (κ2) is 5.73. The van der Waals surface area contributed by atoms with Crippen molar-refractivity contribution >= 4 is 15.7 Å². The molecule has 0 saturated carbocycles. The van der Waals surface area contributed by atoms with Gasteiger partial charge in [0.15, 0.2) is 9.84 Å². The van der Waals surface area contributed by atoms with Crippen LogP contribution in [0, 0.1) is 5.92 Å². The fourth-order valence-corrected chi connectivity index (χ4v) is 3.53. The van der Waals surface area contributed by atoms with E-state index in [1.165, 1.54) is 0 Å². The summed E-state index contributed by atoms with van der Waals surface area (Å²) in [5, 5.41) is 3.09. The summed E-state index contributed by atoms with van der Waals surface area (Å²) >= 11 is 0. The SMILES string of the molecule is CC(C)COc1cncc(N[C@H]2CCS(=O)(=O)C2)n1. The molecule has 0 unspecified atom stereocenters. The van der Waals surface area contributed by atoms with Crippen molar-refractivity contribution in [1.29, 1.82) is 0 Å². The third-order valence-electron chi connectivity index (χ3n) is 2.76. The molecule has 0 bridgehead atoms. The summed E-state index contributed by atoms with van der Waals surface area (Å²) in [6, 6.07) is -0.0837. The zero-order valence-corrected chi connectivity index (χ0v) is 12.0. The Morgan fingerprint density at radius 2 is 2.26 bits per heavy atom. The van der Waals surface area contributed by atoms with Crippen molar-refractivity contribution in [3.8, 4) is 5.88 Å². The number of hydrogen-bond acceptors (Lipinski definition) is 6. The predicted octanol–water partition coefficient (Wildman–Crippen LogP) is 1.11. The van der Waals surface area contributed by atoms with Crippen molar-refractivity contribution in [2.75, 3.05) is 23.4 Å². The highest BCUT2D eigenvalue weighted by molar-refractivity contribution is 7.91. The molecule has 0 aliphatic carbocycles. The Balaban J connectivity index is 1.95. The number of hydrogen-bond donors (Lipinski definition) is 1. The molecule has 2 heterocycles. The van der Waals surface area contributed by atoms with Crippen LogP contribution in [0.4, 0.5) is 5.82 Å². The van der Waals surface area contributed by atoms with Gasteiger partial charge in [0.2, 0.25) is 5.88 Å². The molecule has 1 aliphatic heterocycles. The largest absolute Gasteiger partial charge is 0.476 e. The Morgan fingerprint density at radius 3 is 2.89 bits per heavy atom. The van der Waals surface area contributed by atoms with E-state index in [9.17, 15) is 8.42 Å². The average Bonchev–Trinajstić information content (AvgIpc) is 2.66. The van der Waals surface area contributed by atoms with Crippen molar-refractivity contribution < 1.29 is 13.2 Å². The van der Waals surface area contributed by atoms with Gasteiger partial charge in [-0.25, -0.2) is 8.42 Å². The summed E-state index contributed by atoms with van der Waals surface area (Å²) in [5.74, 6) is 1.83. The molecule has 2 rings (SSSR count). The molecule has 1 fully saturated rings. The van der Waals surface area contributed by atoms with Crippen molar-refractivity contribution in [2.45, 2.75) is 26.3 Å². The smallest absolute Gasteiger partial charge is 0.234 e. The molecular weight excluding hydrogens is 266 g/mol. The van der Waals surface area contributed by atoms with Gasteiger partial charge in [0.05, 0.1) is 30.5 Å². The first-order chi connectivity index (χ1) is 8.94. The summed E-state index contributed by atoms with van der Waals surface area (Å²) < 4.78 is 28.2. The number of aromatic nitrogens is 2. The highest BCUT2D eigenvalue weighted by Gasteiger charge is 2.27. The lowest BCUT2D eigenvalue weighted by molar-refractivity contribution is 0.260. The van der Waals surface area contributed by atoms with Crippen molar-refractivity contribution in [3.63, 3.8) is 0 Å². The Hall–Kier alpha value is -1.37. The zero-order chi connectivity index (χ0) is 13.9. The van der Waals surface area contributed by atoms with E-state index in [4.69, 9.17) is 4.74 Å². The number of rotatable bonds is 5. The van der Waals surface area contributed by atoms with Crippen LogP contribution in [0.1, 0.15) is 20.3 Å². The Kier molecular flexibility index (Phi) is 4.24. The van der Waals surface area contributed by atoms with Gasteiger partial charge in [0, 0.05) is 6.04 Å². The number of sulfone groups is 1. The van der Waals surface area contributed by atoms with Gasteiger partial charge in [0.25, 0.3) is 0 Å². The summed E-state index contributed by atoms with van der Waals surface area (Å²) in [6.07, 6.45) is 3.74. The minimum Gasteiger partial charge on any atom is -0.476 e. The molecule has 0 amide bonds. The highest BCUT2D eigenvalue weighted by Crippen LogP contribution is 2.17. The molecule has 1 atom stereocenters. The van der Waals surface area contributed by atoms with E-state index in [0.717, 1.165) is 0 Å². The minimum absolute atomic E-state index is 0.0837. The molecule has 0 radical (unpaired) electrons. The normalized spacial score (nSPS) is 21.5. The summed E-state index contributed by atoms with van der Waals surface area (Å²) in [6.45, 7) is 4.69. The van der Waals surface area contributed by atoms with Gasteiger partial charge in [0.1, 0.15) is 5.82 Å². The van der Waals surface area contributed by atoms with Crippen molar-refractivity contribution in [2.24, 2.45) is 5.92 Å². The average molecular weight is 285 g/mol. The Labute approximate surface area is 113 Å². The topological polar surface area (TPSA) is 81.2 Å². The molecule has 1 aromatic heterocycles. The quantitative estimate of drug-likeness (QED) is 0.873. The van der Waals surface area contributed by atoms with E-state index in [1.807, 2.05) is 0 Å². The number of ether oxygens (including phenoxy) is 1. The number of anilines is 1. The molecule has 6 nitrogen and oxygen atoms in total. The molecule has 1 aliphatic rings. The van der Waals surface area contributed by atoms with Gasteiger partial charge >= 0.3 is 0 Å². The summed E-state index contributed by atoms with van der Waals surface area (Å²) in [4.78, 5) is 8.31. The van der Waals surface area contributed by atoms with Gasteiger partial charge in [-0.1, -0.05) is 13.8 Å². The van der Waals surface area contributed by atoms with Crippen molar-refractivity contribution in [3.05, 3.63) is 12.4 Å². The van der Waals surface area contributed by atoms with E-state index in [0.29, 0.717) is 30.6 Å². The fourth-order valence-electron chi connectivity index (χ4n) is 1.86. The first-order valence-electron chi connectivity index (χ1n) is 6.36. The third-order valence-corrected chi connectivity index (χ3v) is 4.53. The van der Waals surface area contributed by atoms with Crippen LogP contribution < -0.4 is 10.1 Å². The van der Waals surface area contributed by atoms with Crippen molar-refractivity contribution in [1.82, 2.24) is 9.97 Å². The van der Waals surface area contributed by atoms with E-state index < -0.39 is 9.84 Å². The van der Waals surface area contributed by atoms with Crippen LogP contribution in [0.5, 0.6) is 5.88 Å². The predicted molar refractivity (Wildman–Crippen MR) is 73.0 cm³/mol. The first kappa shape index (κ1) is 14.0. The second-order valence-corrected chi connectivity index (χ2v) is 7.42. The van der Waals surface area contributed by atoms with E-state index in [-0.39, 0.29) is 17.5 Å². The lowest BCUT2D eigenvalue weighted by Crippen LogP contribution is -2.21. The minimum atomic E-state index is -2.89. The second-order valence-electron chi connectivity index (χ2n) is 5.19. The van der Waals surface area contributed by atoms with Crippen LogP contribution >= 0.6 is 0 Å². The molecular formula is C12H19N3O3S. The van der Waals surface area contributed by atoms with Gasteiger partial charge in [-0.15, -0.1) is 0 Å². The van der Waals surface area contributed by atoms with Crippen LogP contribution in [0.15, 0.2) is 12.4 Å². The van der Waals surface area contributed by atoms with Gasteiger partial charge in [-0.3, -0.25) is 4.98 Å². The fraction of sp³-hybridized carbons (Fsp3) is 0.667. The maximum absolute atomic E-state index is 11.4. The van der Waals surface area contributed by atoms with E-state index in [2.05, 4.69) is 29.1 Å². The number of nitrogens with zero attached hydrogens (tertiary/aromatic N) is 2. The maximum atomic E-state index is 11.4. The van der Waals surface area contributed by atoms with Crippen LogP contribution in [0.2, 0.25) is 0 Å². The Bertz CT molecular complexity index is 531. The molecule has 1 saturated heterocycles. The van der Waals surface area contributed by atoms with E-state index in [1.54, 1.807) is 12.4 Å². The highest BCUT2D eigenvalue weighted by atomic mass is 32.2. The first-order valence-corrected chi connectivity index (χ1v) is 8.18. The standard InChI is InChI=1S/C12H19N3O3S/c1-9(2)7-18-12-6-13-5-11(15-12)14-10-3-4-19(16,17)8-10/h5-6,9-10H,3-4,7-8H2,1-2H3,(H,14,15)/t10-/m0/s1. The van der Waals surface area contributed by atoms with E-state index >= 15 is 0 Å². The summed E-state index contributed by atoms with van der Waals surface area (Å²) in [5.41, 5.74) is 0. The molecule has 1 aromatic rings. The van der Waals surface area contributed by atoms with Crippen LogP contribution in [0.25, 0.3) is 0 Å². The molecule has 0 spiro atoms. The van der Waals surface area contributed by atoms with Gasteiger partial charge in [-0.05, 0) is 12.3 Å². The van der Waals surface area contributed by atoms with Crippen LogP contribution in [-0.4, -0.2) is 42.5 Å². The molecule has 1 N–H and O–H groups in total. The van der Waals surface area contributed by atoms with Gasteiger partial charge < -0.3 is 10.1 Å². The summed E-state index contributed by atoms with van der Waals surface area (Å²) in [7, 11) is -2.89. The van der Waals surface area contributed by atoms with Crippen LogP contribution in [0.3, 0.4) is 0 Å². The maximum Gasteiger partial charge on any atom is 0.234 e. The van der Waals surface area contributed by atoms with Crippen LogP contribution in [-0.2, 0) is 9.84 Å². The molecule has 106 valence electrons. The van der Waals surface area contributed by atoms with Gasteiger partial charge in [-0.2, -0.15) is 4.98 Å². The lowest BCUT2D eigenvalue weighted by atomic mass is 10.2. The Morgan fingerprint density at radius 1 is 1.47 bits per heavy atom.